The molecule has 1 fully saturated rings. The van der Waals surface area contributed by atoms with Gasteiger partial charge in [0.15, 0.2) is 0 Å². The van der Waals surface area contributed by atoms with Crippen LogP contribution in [0.25, 0.3) is 0 Å². The molecule has 2 nitrogen and oxygen atoms in total. The molecule has 2 unspecified atom stereocenters. The molecule has 1 saturated heterocycles. The Hall–Kier alpha value is -0.930. The second kappa shape index (κ2) is 5.81. The van der Waals surface area contributed by atoms with E-state index >= 15 is 0 Å². The fraction of sp³-hybridized carbons (Fsp3) is 0.600. The van der Waals surface area contributed by atoms with Gasteiger partial charge in [-0.1, -0.05) is 32.0 Å². The molecule has 0 aromatic heterocycles. The maximum Gasteiger partial charge on any atom is 0.132 e. The largest absolute Gasteiger partial charge is 0.326 e. The van der Waals surface area contributed by atoms with E-state index in [1.54, 1.807) is 6.07 Å². The van der Waals surface area contributed by atoms with Crippen LogP contribution in [-0.4, -0.2) is 18.0 Å². The summed E-state index contributed by atoms with van der Waals surface area (Å²) < 4.78 is 14.1. The molecule has 100 valence electrons. The van der Waals surface area contributed by atoms with Crippen LogP contribution >= 0.6 is 0 Å². The standard InChI is InChI=1S/C15H23FN2/c1-11-6-12(2)9-18(8-11)10-14-5-3-4-13(7-17)15(14)16/h3-5,11-12H,6-10,17H2,1-2H3. The fourth-order valence-corrected chi connectivity index (χ4v) is 3.07. The second-order valence-corrected chi connectivity index (χ2v) is 5.73. The topological polar surface area (TPSA) is 29.3 Å². The molecular formula is C15H23FN2. The van der Waals surface area contributed by atoms with E-state index in [1.807, 2.05) is 12.1 Å². The molecule has 0 radical (unpaired) electrons. The van der Waals surface area contributed by atoms with Crippen LogP contribution in [0.4, 0.5) is 4.39 Å². The van der Waals surface area contributed by atoms with E-state index < -0.39 is 0 Å². The third-order valence-corrected chi connectivity index (χ3v) is 3.72. The van der Waals surface area contributed by atoms with Gasteiger partial charge >= 0.3 is 0 Å². The lowest BCUT2D eigenvalue weighted by molar-refractivity contribution is 0.133. The highest BCUT2D eigenvalue weighted by molar-refractivity contribution is 5.25. The fourth-order valence-electron chi connectivity index (χ4n) is 3.07. The summed E-state index contributed by atoms with van der Waals surface area (Å²) >= 11 is 0. The van der Waals surface area contributed by atoms with Crippen LogP contribution in [-0.2, 0) is 13.1 Å². The van der Waals surface area contributed by atoms with Crippen molar-refractivity contribution in [3.05, 3.63) is 35.1 Å². The Morgan fingerprint density at radius 1 is 1.22 bits per heavy atom. The highest BCUT2D eigenvalue weighted by Gasteiger charge is 2.22. The van der Waals surface area contributed by atoms with Crippen molar-refractivity contribution in [1.29, 1.82) is 0 Å². The molecule has 0 amide bonds. The Morgan fingerprint density at radius 2 is 1.83 bits per heavy atom. The molecule has 1 aromatic carbocycles. The molecule has 1 heterocycles. The highest BCUT2D eigenvalue weighted by Crippen LogP contribution is 2.23. The third kappa shape index (κ3) is 3.09. The van der Waals surface area contributed by atoms with Gasteiger partial charge in [-0.05, 0) is 18.3 Å². The summed E-state index contributed by atoms with van der Waals surface area (Å²) in [5.74, 6) is 1.29. The number of nitrogens with zero attached hydrogens (tertiary/aromatic N) is 1. The van der Waals surface area contributed by atoms with Crippen LogP contribution in [0.15, 0.2) is 18.2 Å². The van der Waals surface area contributed by atoms with Gasteiger partial charge < -0.3 is 5.73 Å². The Bertz CT molecular complexity index is 395. The van der Waals surface area contributed by atoms with E-state index in [9.17, 15) is 4.39 Å². The molecule has 0 spiro atoms. The Balaban J connectivity index is 2.09. The van der Waals surface area contributed by atoms with E-state index in [2.05, 4.69) is 18.7 Å². The van der Waals surface area contributed by atoms with E-state index in [1.165, 1.54) is 6.42 Å². The van der Waals surface area contributed by atoms with Crippen LogP contribution in [0.2, 0.25) is 0 Å². The minimum atomic E-state index is -0.120. The Morgan fingerprint density at radius 3 is 2.44 bits per heavy atom. The molecule has 2 rings (SSSR count). The summed E-state index contributed by atoms with van der Waals surface area (Å²) in [7, 11) is 0. The summed E-state index contributed by atoms with van der Waals surface area (Å²) in [4.78, 5) is 2.36. The van der Waals surface area contributed by atoms with Crippen LogP contribution < -0.4 is 5.73 Å². The van der Waals surface area contributed by atoms with Crippen LogP contribution in [0.1, 0.15) is 31.4 Å². The summed E-state index contributed by atoms with van der Waals surface area (Å²) in [5, 5.41) is 0. The van der Waals surface area contributed by atoms with Gasteiger partial charge in [-0.15, -0.1) is 0 Å². The quantitative estimate of drug-likeness (QED) is 0.893. The minimum Gasteiger partial charge on any atom is -0.326 e. The highest BCUT2D eigenvalue weighted by atomic mass is 19.1. The number of likely N-dealkylation sites (tertiary alicyclic amines) is 1. The van der Waals surface area contributed by atoms with Gasteiger partial charge in [0, 0.05) is 37.3 Å². The lowest BCUT2D eigenvalue weighted by Crippen LogP contribution is -2.38. The van der Waals surface area contributed by atoms with Crippen molar-refractivity contribution in [2.75, 3.05) is 13.1 Å². The molecule has 3 heteroatoms. The molecule has 18 heavy (non-hydrogen) atoms. The maximum absolute atomic E-state index is 14.1. The van der Waals surface area contributed by atoms with E-state index in [0.29, 0.717) is 23.9 Å². The number of piperidine rings is 1. The zero-order chi connectivity index (χ0) is 13.1. The Labute approximate surface area is 109 Å². The third-order valence-electron chi connectivity index (χ3n) is 3.72. The van der Waals surface area contributed by atoms with Gasteiger partial charge in [0.2, 0.25) is 0 Å². The average Bonchev–Trinajstić information content (AvgIpc) is 2.30. The van der Waals surface area contributed by atoms with Crippen molar-refractivity contribution >= 4 is 0 Å². The average molecular weight is 250 g/mol. The molecule has 1 aliphatic heterocycles. The predicted octanol–water partition coefficient (Wildman–Crippen LogP) is 2.76. The molecule has 1 aromatic rings. The lowest BCUT2D eigenvalue weighted by Gasteiger charge is -2.35. The minimum absolute atomic E-state index is 0.120. The number of rotatable bonds is 3. The van der Waals surface area contributed by atoms with Gasteiger partial charge in [0.05, 0.1) is 0 Å². The number of benzene rings is 1. The Kier molecular flexibility index (Phi) is 4.36. The van der Waals surface area contributed by atoms with Gasteiger partial charge in [-0.25, -0.2) is 4.39 Å². The van der Waals surface area contributed by atoms with Crippen LogP contribution in [0.3, 0.4) is 0 Å². The van der Waals surface area contributed by atoms with Gasteiger partial charge in [-0.3, -0.25) is 4.90 Å². The molecule has 2 N–H and O–H groups in total. The van der Waals surface area contributed by atoms with Crippen molar-refractivity contribution in [3.63, 3.8) is 0 Å². The summed E-state index contributed by atoms with van der Waals surface area (Å²) in [6.07, 6.45) is 1.28. The summed E-state index contributed by atoms with van der Waals surface area (Å²) in [5.41, 5.74) is 6.94. The van der Waals surface area contributed by atoms with Crippen molar-refractivity contribution in [3.8, 4) is 0 Å². The smallest absolute Gasteiger partial charge is 0.132 e. The molecule has 1 aliphatic rings. The van der Waals surface area contributed by atoms with Crippen molar-refractivity contribution < 1.29 is 4.39 Å². The van der Waals surface area contributed by atoms with Crippen LogP contribution in [0, 0.1) is 17.7 Å². The zero-order valence-corrected chi connectivity index (χ0v) is 11.3. The van der Waals surface area contributed by atoms with Crippen molar-refractivity contribution in [2.24, 2.45) is 17.6 Å². The maximum atomic E-state index is 14.1. The predicted molar refractivity (Wildman–Crippen MR) is 72.5 cm³/mol. The monoisotopic (exact) mass is 250 g/mol. The van der Waals surface area contributed by atoms with Crippen LogP contribution in [0.5, 0.6) is 0 Å². The summed E-state index contributed by atoms with van der Waals surface area (Å²) in [6, 6.07) is 5.54. The van der Waals surface area contributed by atoms with E-state index in [-0.39, 0.29) is 12.4 Å². The van der Waals surface area contributed by atoms with E-state index in [4.69, 9.17) is 5.73 Å². The van der Waals surface area contributed by atoms with E-state index in [0.717, 1.165) is 18.7 Å². The van der Waals surface area contributed by atoms with Gasteiger partial charge in [0.25, 0.3) is 0 Å². The molecule has 0 bridgehead atoms. The molecule has 0 saturated carbocycles. The number of hydrogen-bond donors (Lipinski definition) is 1. The molecule has 0 aliphatic carbocycles. The first-order chi connectivity index (χ1) is 8.60. The zero-order valence-electron chi connectivity index (χ0n) is 11.3. The van der Waals surface area contributed by atoms with Gasteiger partial charge in [-0.2, -0.15) is 0 Å². The molecular weight excluding hydrogens is 227 g/mol. The number of hydrogen-bond acceptors (Lipinski definition) is 2. The first kappa shape index (κ1) is 13.5. The number of nitrogens with two attached hydrogens (primary N) is 1. The number of halogens is 1. The van der Waals surface area contributed by atoms with Crippen molar-refractivity contribution in [2.45, 2.75) is 33.4 Å². The van der Waals surface area contributed by atoms with Crippen molar-refractivity contribution in [1.82, 2.24) is 4.90 Å². The lowest BCUT2D eigenvalue weighted by atomic mass is 9.91. The summed E-state index contributed by atoms with van der Waals surface area (Å²) in [6.45, 7) is 7.65. The van der Waals surface area contributed by atoms with Gasteiger partial charge in [0.1, 0.15) is 5.82 Å². The second-order valence-electron chi connectivity index (χ2n) is 5.73. The normalized spacial score (nSPS) is 25.3. The SMILES string of the molecule is CC1CC(C)CN(Cc2cccc(CN)c2F)C1. The first-order valence-electron chi connectivity index (χ1n) is 6.78. The first-order valence-corrected chi connectivity index (χ1v) is 6.78. The molecule has 2 atom stereocenters.